The average Bonchev–Trinajstić information content (AvgIpc) is 3.22. The molecule has 0 unspecified atom stereocenters. The number of nitrogens with one attached hydrogen (secondary N) is 2. The Hall–Kier alpha value is -3.81. The molecule has 0 saturated heterocycles. The van der Waals surface area contributed by atoms with Crippen LogP contribution in [0.3, 0.4) is 0 Å². The Balaban J connectivity index is 1.54. The van der Waals surface area contributed by atoms with Crippen LogP contribution in [-0.4, -0.2) is 37.2 Å². The lowest BCUT2D eigenvalue weighted by Crippen LogP contribution is -1.99. The van der Waals surface area contributed by atoms with E-state index < -0.39 is 0 Å². The summed E-state index contributed by atoms with van der Waals surface area (Å²) in [5.41, 5.74) is 3.72. The second-order valence-corrected chi connectivity index (χ2v) is 5.77. The van der Waals surface area contributed by atoms with Gasteiger partial charge in [-0.1, -0.05) is 18.2 Å². The van der Waals surface area contributed by atoms with Crippen molar-refractivity contribution in [1.82, 2.24) is 30.1 Å². The van der Waals surface area contributed by atoms with Crippen molar-refractivity contribution in [3.8, 4) is 17.1 Å². The van der Waals surface area contributed by atoms with Crippen LogP contribution in [0, 0.1) is 0 Å². The zero-order valence-electron chi connectivity index (χ0n) is 14.6. The van der Waals surface area contributed by atoms with Gasteiger partial charge in [-0.25, -0.2) is 19.9 Å². The van der Waals surface area contributed by atoms with Crippen molar-refractivity contribution >= 4 is 11.6 Å². The van der Waals surface area contributed by atoms with Gasteiger partial charge in [0.2, 0.25) is 11.8 Å². The normalized spacial score (nSPS) is 10.6. The monoisotopic (exact) mass is 359 g/mol. The van der Waals surface area contributed by atoms with Gasteiger partial charge in [0.1, 0.15) is 6.33 Å². The number of nitrogens with zero attached hydrogens (tertiary/aromatic N) is 5. The molecular formula is C19H17N7O. The quantitative estimate of drug-likeness (QED) is 0.545. The summed E-state index contributed by atoms with van der Waals surface area (Å²) in [7, 11) is 1.58. The number of pyridine rings is 1. The number of aromatic nitrogens is 6. The number of methoxy groups -OCH3 is 1. The van der Waals surface area contributed by atoms with Gasteiger partial charge in [-0.3, -0.25) is 5.10 Å². The third kappa shape index (κ3) is 4.06. The largest absolute Gasteiger partial charge is 0.481 e. The van der Waals surface area contributed by atoms with Crippen molar-refractivity contribution in [2.24, 2.45) is 0 Å². The minimum Gasteiger partial charge on any atom is -0.481 e. The van der Waals surface area contributed by atoms with E-state index in [2.05, 4.69) is 41.5 Å². The van der Waals surface area contributed by atoms with Crippen molar-refractivity contribution in [3.63, 3.8) is 0 Å². The number of benzene rings is 1. The van der Waals surface area contributed by atoms with Crippen LogP contribution in [0.4, 0.5) is 11.6 Å². The van der Waals surface area contributed by atoms with E-state index in [1.54, 1.807) is 31.9 Å². The van der Waals surface area contributed by atoms with Gasteiger partial charge in [0.05, 0.1) is 24.7 Å². The third-order valence-corrected chi connectivity index (χ3v) is 3.91. The van der Waals surface area contributed by atoms with Gasteiger partial charge in [-0.05, 0) is 23.8 Å². The maximum atomic E-state index is 5.06. The zero-order valence-corrected chi connectivity index (χ0v) is 14.6. The number of anilines is 2. The highest BCUT2D eigenvalue weighted by Gasteiger charge is 2.06. The fourth-order valence-corrected chi connectivity index (χ4v) is 2.63. The van der Waals surface area contributed by atoms with Gasteiger partial charge in [0, 0.05) is 24.2 Å². The lowest BCUT2D eigenvalue weighted by atomic mass is 10.1. The molecule has 0 atom stereocenters. The molecule has 0 aliphatic rings. The summed E-state index contributed by atoms with van der Waals surface area (Å²) in [4.78, 5) is 17.2. The number of ether oxygens (including phenoxy) is 1. The molecular weight excluding hydrogens is 342 g/mol. The summed E-state index contributed by atoms with van der Waals surface area (Å²) in [5, 5.41) is 9.98. The maximum absolute atomic E-state index is 5.06. The first-order valence-electron chi connectivity index (χ1n) is 8.34. The molecule has 4 aromatic rings. The highest BCUT2D eigenvalue weighted by molar-refractivity contribution is 5.62. The summed E-state index contributed by atoms with van der Waals surface area (Å²) in [6.45, 7) is 0. The zero-order chi connectivity index (χ0) is 18.5. The van der Waals surface area contributed by atoms with Crippen LogP contribution in [0.25, 0.3) is 11.3 Å². The van der Waals surface area contributed by atoms with Crippen LogP contribution in [0.2, 0.25) is 0 Å². The second-order valence-electron chi connectivity index (χ2n) is 5.77. The van der Waals surface area contributed by atoms with Crippen molar-refractivity contribution in [2.75, 3.05) is 12.4 Å². The summed E-state index contributed by atoms with van der Waals surface area (Å²) >= 11 is 0. The first-order chi connectivity index (χ1) is 13.3. The fraction of sp³-hybridized carbons (Fsp3) is 0.105. The summed E-state index contributed by atoms with van der Waals surface area (Å²) in [6.07, 6.45) is 5.64. The minimum atomic E-state index is 0.499. The predicted octanol–water partition coefficient (Wildman–Crippen LogP) is 3.00. The fourth-order valence-electron chi connectivity index (χ4n) is 2.63. The molecule has 3 aromatic heterocycles. The summed E-state index contributed by atoms with van der Waals surface area (Å²) < 4.78 is 5.06. The predicted molar refractivity (Wildman–Crippen MR) is 101 cm³/mol. The van der Waals surface area contributed by atoms with E-state index in [-0.39, 0.29) is 0 Å². The van der Waals surface area contributed by atoms with E-state index in [9.17, 15) is 0 Å². The smallest absolute Gasteiger partial charge is 0.227 e. The molecule has 4 rings (SSSR count). The Labute approximate surface area is 155 Å². The topological polar surface area (TPSA) is 102 Å². The Morgan fingerprint density at radius 1 is 1.07 bits per heavy atom. The molecule has 0 spiro atoms. The first-order valence-corrected chi connectivity index (χ1v) is 8.34. The standard InChI is InChI=1S/C19H17N7O/c1-27-18-6-5-15(11-21-18)24-19-20-8-7-16(25-19)14-4-2-3-13(9-14)10-17-22-12-23-26-17/h2-9,11-12H,10H2,1H3,(H,20,24,25)(H,22,23,26). The van der Waals surface area contributed by atoms with Crippen molar-refractivity contribution in [2.45, 2.75) is 6.42 Å². The molecule has 0 amide bonds. The number of aromatic amines is 1. The molecule has 0 radical (unpaired) electrons. The van der Waals surface area contributed by atoms with E-state index in [1.165, 1.54) is 0 Å². The number of rotatable bonds is 6. The molecule has 134 valence electrons. The Morgan fingerprint density at radius 2 is 2.04 bits per heavy atom. The molecule has 0 aliphatic carbocycles. The van der Waals surface area contributed by atoms with Gasteiger partial charge in [0.25, 0.3) is 0 Å². The molecule has 0 saturated carbocycles. The van der Waals surface area contributed by atoms with E-state index in [1.807, 2.05) is 30.3 Å². The van der Waals surface area contributed by atoms with Crippen LogP contribution >= 0.6 is 0 Å². The molecule has 8 heteroatoms. The van der Waals surface area contributed by atoms with Crippen LogP contribution in [0.15, 0.2) is 61.2 Å². The molecule has 0 bridgehead atoms. The van der Waals surface area contributed by atoms with E-state index in [0.717, 1.165) is 28.3 Å². The van der Waals surface area contributed by atoms with E-state index >= 15 is 0 Å². The Bertz CT molecular complexity index is 1020. The molecule has 8 nitrogen and oxygen atoms in total. The number of H-pyrrole nitrogens is 1. The van der Waals surface area contributed by atoms with Gasteiger partial charge >= 0.3 is 0 Å². The van der Waals surface area contributed by atoms with Crippen molar-refractivity contribution in [1.29, 1.82) is 0 Å². The van der Waals surface area contributed by atoms with Crippen LogP contribution in [0.5, 0.6) is 5.88 Å². The lowest BCUT2D eigenvalue weighted by molar-refractivity contribution is 0.398. The van der Waals surface area contributed by atoms with Gasteiger partial charge in [-0.2, -0.15) is 5.10 Å². The van der Waals surface area contributed by atoms with Crippen molar-refractivity contribution < 1.29 is 4.74 Å². The molecule has 3 heterocycles. The molecule has 0 aliphatic heterocycles. The van der Waals surface area contributed by atoms with Crippen LogP contribution in [-0.2, 0) is 6.42 Å². The van der Waals surface area contributed by atoms with Crippen LogP contribution in [0.1, 0.15) is 11.4 Å². The Kier molecular flexibility index (Phi) is 4.69. The third-order valence-electron chi connectivity index (χ3n) is 3.91. The molecule has 0 fully saturated rings. The average molecular weight is 359 g/mol. The highest BCUT2D eigenvalue weighted by atomic mass is 16.5. The molecule has 27 heavy (non-hydrogen) atoms. The molecule has 1 aromatic carbocycles. The van der Waals surface area contributed by atoms with E-state index in [0.29, 0.717) is 18.2 Å². The maximum Gasteiger partial charge on any atom is 0.227 e. The number of hydrogen-bond acceptors (Lipinski definition) is 7. The summed E-state index contributed by atoms with van der Waals surface area (Å²) in [6, 6.07) is 13.7. The lowest BCUT2D eigenvalue weighted by Gasteiger charge is -2.08. The first kappa shape index (κ1) is 16.6. The molecule has 2 N–H and O–H groups in total. The highest BCUT2D eigenvalue weighted by Crippen LogP contribution is 2.21. The van der Waals surface area contributed by atoms with E-state index in [4.69, 9.17) is 4.74 Å². The van der Waals surface area contributed by atoms with Crippen LogP contribution < -0.4 is 10.1 Å². The number of hydrogen-bond donors (Lipinski definition) is 2. The van der Waals surface area contributed by atoms with Crippen molar-refractivity contribution in [3.05, 3.63) is 72.6 Å². The van der Waals surface area contributed by atoms with Gasteiger partial charge in [-0.15, -0.1) is 0 Å². The SMILES string of the molecule is COc1ccc(Nc2nccc(-c3cccc(Cc4nc[nH]n4)c3)n2)cn1. The van der Waals surface area contributed by atoms with Gasteiger partial charge in [0.15, 0.2) is 5.82 Å². The second kappa shape index (κ2) is 7.61. The van der Waals surface area contributed by atoms with Gasteiger partial charge < -0.3 is 10.1 Å². The minimum absolute atomic E-state index is 0.499. The summed E-state index contributed by atoms with van der Waals surface area (Å²) in [5.74, 6) is 1.81. The Morgan fingerprint density at radius 3 is 2.81 bits per heavy atom.